The maximum atomic E-state index is 14.0. The van der Waals surface area contributed by atoms with E-state index in [0.29, 0.717) is 0 Å². The number of anilines is 2. The number of phosphoric acid groups is 1. The van der Waals surface area contributed by atoms with Crippen molar-refractivity contribution in [3.05, 3.63) is 24.8 Å². The molecule has 2 aliphatic heterocycles. The van der Waals surface area contributed by atoms with Crippen molar-refractivity contribution < 1.29 is 66.8 Å². The number of nitrogens with one attached hydrogen (secondary N) is 1. The molecule has 246 valence electrons. The second kappa shape index (κ2) is 14.0. The average Bonchev–Trinajstić information content (AvgIpc) is 3.17. The summed E-state index contributed by atoms with van der Waals surface area (Å²) in [7, 11) is -2.27. The number of alkyl halides is 1. The summed E-state index contributed by atoms with van der Waals surface area (Å²) in [5.74, 6) is 0.0381. The van der Waals surface area contributed by atoms with Gasteiger partial charge in [-0.3, -0.25) is 9.05 Å². The van der Waals surface area contributed by atoms with Crippen molar-refractivity contribution in [2.45, 2.75) is 67.7 Å². The predicted molar refractivity (Wildman–Crippen MR) is 149 cm³/mol. The minimum absolute atomic E-state index is 0.0381. The van der Waals surface area contributed by atoms with Crippen molar-refractivity contribution in [1.29, 1.82) is 0 Å². The van der Waals surface area contributed by atoms with Gasteiger partial charge in [-0.15, -0.1) is 0 Å². The summed E-state index contributed by atoms with van der Waals surface area (Å²) < 4.78 is 64.9. The molecule has 22 heteroatoms. The summed E-state index contributed by atoms with van der Waals surface area (Å²) in [4.78, 5) is 19.9. The first-order chi connectivity index (χ1) is 19.9. The van der Waals surface area contributed by atoms with E-state index < -0.39 is 88.6 Å². The third kappa shape index (κ3) is 8.10. The first-order valence-corrected chi connectivity index (χ1v) is 16.7. The Kier molecular flexibility index (Phi) is 11.8. The highest BCUT2D eigenvalue weighted by molar-refractivity contribution is 8.45. The highest BCUT2D eigenvalue weighted by atomic mass is 32.7. The number of likely N-dealkylation sites (N-methyl/N-ethyl adjacent to an activating group) is 1. The predicted octanol–water partition coefficient (Wildman–Crippen LogP) is -0.939. The van der Waals surface area contributed by atoms with Crippen LogP contribution < -0.4 is 11.1 Å². The number of phosphoric ester groups is 1. The van der Waals surface area contributed by atoms with Crippen molar-refractivity contribution >= 4 is 38.4 Å². The zero-order valence-corrected chi connectivity index (χ0v) is 25.8. The third-order valence-electron chi connectivity index (χ3n) is 6.73. The number of rotatable bonds is 13. The largest absolute Gasteiger partial charge is 0.482 e. The summed E-state index contributed by atoms with van der Waals surface area (Å²) in [5.41, 5.74) is 4.65. The van der Waals surface area contributed by atoms with Crippen molar-refractivity contribution in [2.24, 2.45) is 0 Å². The fraction of sp³-hybridized carbons (Fsp3) is 0.714. The van der Waals surface area contributed by atoms with Crippen LogP contribution in [0.2, 0.25) is 0 Å². The molecule has 43 heavy (non-hydrogen) atoms. The van der Waals surface area contributed by atoms with E-state index in [0.717, 1.165) is 6.33 Å². The number of hydrogen-bond donors (Lipinski definition) is 9. The number of aliphatic hydroxyl groups excluding tert-OH is 4. The van der Waals surface area contributed by atoms with Crippen LogP contribution in [-0.4, -0.2) is 127 Å². The lowest BCUT2D eigenvalue weighted by Gasteiger charge is -2.41. The Labute approximate surface area is 250 Å². The molecule has 1 aromatic rings. The van der Waals surface area contributed by atoms with Gasteiger partial charge in [0.2, 0.25) is 0 Å². The molecule has 9 N–H and O–H groups in total. The van der Waals surface area contributed by atoms with Gasteiger partial charge < -0.3 is 55.9 Å². The molecule has 2 aliphatic rings. The van der Waals surface area contributed by atoms with Gasteiger partial charge in [-0.2, -0.15) is 4.31 Å². The molecular formula is C21H36FN5O13P2S. The van der Waals surface area contributed by atoms with Crippen LogP contribution in [0.1, 0.15) is 18.7 Å². The van der Waals surface area contributed by atoms with E-state index in [1.54, 1.807) is 19.0 Å². The molecule has 2 fully saturated rings. The lowest BCUT2D eigenvalue weighted by Crippen LogP contribution is -2.60. The summed E-state index contributed by atoms with van der Waals surface area (Å²) in [6, 6.07) is -0.855. The van der Waals surface area contributed by atoms with Crippen LogP contribution in [0.25, 0.3) is 0 Å². The molecule has 1 aromatic heterocycles. The smallest absolute Gasteiger partial charge is 0.393 e. The first-order valence-electron chi connectivity index (χ1n) is 12.5. The maximum Gasteiger partial charge on any atom is 0.482 e. The first kappa shape index (κ1) is 36.2. The molecule has 3 heterocycles. The Morgan fingerprint density at radius 2 is 1.93 bits per heavy atom. The summed E-state index contributed by atoms with van der Waals surface area (Å²) in [6.07, 6.45) is -12.6. The van der Waals surface area contributed by atoms with E-state index in [1.807, 2.05) is 0 Å². The van der Waals surface area contributed by atoms with Crippen LogP contribution in [0.3, 0.4) is 0 Å². The van der Waals surface area contributed by atoms with Gasteiger partial charge in [0.05, 0.1) is 19.3 Å². The van der Waals surface area contributed by atoms with E-state index in [9.17, 15) is 38.8 Å². The Morgan fingerprint density at radius 1 is 1.28 bits per heavy atom. The van der Waals surface area contributed by atoms with Gasteiger partial charge >= 0.3 is 14.6 Å². The number of aliphatic hydroxyl groups is 5. The minimum atomic E-state index is -5.51. The Balaban J connectivity index is 1.75. The van der Waals surface area contributed by atoms with Gasteiger partial charge in [-0.05, 0) is 27.2 Å². The Hall–Kier alpha value is -1.32. The molecule has 0 aliphatic carbocycles. The number of hydrogen-bond acceptors (Lipinski definition) is 17. The Bertz CT molecular complexity index is 1240. The van der Waals surface area contributed by atoms with Gasteiger partial charge in [-0.25, -0.2) is 23.5 Å². The normalized spacial score (nSPS) is 36.6. The zero-order valence-electron chi connectivity index (χ0n) is 23.2. The number of aromatic nitrogens is 2. The highest BCUT2D eigenvalue weighted by Crippen LogP contribution is 2.66. The minimum Gasteiger partial charge on any atom is -0.393 e. The van der Waals surface area contributed by atoms with Crippen LogP contribution in [0.4, 0.5) is 15.9 Å². The lowest BCUT2D eigenvalue weighted by molar-refractivity contribution is -0.287. The fourth-order valence-electron chi connectivity index (χ4n) is 4.94. The van der Waals surface area contributed by atoms with Crippen molar-refractivity contribution in [1.82, 2.24) is 14.9 Å². The molecule has 0 radical (unpaired) electrons. The molecule has 2 saturated heterocycles. The standard InChI is InChI=1S/C21H36FN5O13P2S/c1-5-24-12-11(25-8-26-19(12)23)18-21(2,32)17(27(3)4)10(37-18)7-36-42(35,43)40-41(33,34)39-20-15(31)13(29)14(30)16(38-20)9(22)6-28/h5,8-10,13-18,20,24,28-32H,1,6-7H2,2-4H3,(H,33,34)(H,35,43)(H2,23,25,26)/t9-,10+,13?,14?,15?,16?,17+,18?,20?,21+,42?/m0/s1. The molecule has 8 unspecified atom stereocenters. The molecule has 3 rings (SSSR count). The topological polar surface area (TPSA) is 269 Å². The van der Waals surface area contributed by atoms with E-state index in [4.69, 9.17) is 24.8 Å². The molecular weight excluding hydrogens is 643 g/mol. The monoisotopic (exact) mass is 679 g/mol. The molecule has 0 spiro atoms. The zero-order chi connectivity index (χ0) is 32.5. The van der Waals surface area contributed by atoms with Crippen LogP contribution in [0.15, 0.2) is 19.1 Å². The number of nitrogen functional groups attached to an aromatic ring is 1. The quantitative estimate of drug-likeness (QED) is 0.0899. The molecule has 12 atom stereocenters. The van der Waals surface area contributed by atoms with Crippen LogP contribution in [0, 0.1) is 0 Å². The molecule has 0 aromatic carbocycles. The summed E-state index contributed by atoms with van der Waals surface area (Å²) >= 11 is 3.69. The number of halogens is 1. The number of ether oxygens (including phenoxy) is 2. The van der Waals surface area contributed by atoms with Crippen molar-refractivity contribution in [2.75, 3.05) is 38.4 Å². The summed E-state index contributed by atoms with van der Waals surface area (Å²) in [6.45, 7) is -1.56. The molecule has 0 saturated carbocycles. The fourth-order valence-corrected chi connectivity index (χ4v) is 8.13. The van der Waals surface area contributed by atoms with Gasteiger partial charge in [0, 0.05) is 0 Å². The van der Waals surface area contributed by atoms with Gasteiger partial charge in [0.15, 0.2) is 18.3 Å². The van der Waals surface area contributed by atoms with E-state index in [1.165, 1.54) is 13.1 Å². The van der Waals surface area contributed by atoms with Gasteiger partial charge in [0.25, 0.3) is 0 Å². The third-order valence-corrected chi connectivity index (χ3v) is 10.3. The molecule has 0 bridgehead atoms. The second-order valence-electron chi connectivity index (χ2n) is 10.1. The number of thiol groups is 1. The lowest BCUT2D eigenvalue weighted by atomic mass is 9.87. The molecule has 0 amide bonds. The van der Waals surface area contributed by atoms with E-state index in [2.05, 4.69) is 42.9 Å². The van der Waals surface area contributed by atoms with Crippen molar-refractivity contribution in [3.63, 3.8) is 0 Å². The van der Waals surface area contributed by atoms with E-state index in [-0.39, 0.29) is 17.2 Å². The SMILES string of the molecule is C=CNc1c(N)ncnc1C1O[C@H](COP(=O)(S)OP(=O)(O)OC2OC([C@@H](F)CO)C(O)C(O)C2O)[C@@H](N(C)C)[C@@]1(C)O. The van der Waals surface area contributed by atoms with Crippen LogP contribution >= 0.6 is 26.9 Å². The Morgan fingerprint density at radius 3 is 2.51 bits per heavy atom. The molecule has 18 nitrogen and oxygen atoms in total. The maximum absolute atomic E-state index is 14.0. The highest BCUT2D eigenvalue weighted by Gasteiger charge is 2.56. The van der Waals surface area contributed by atoms with Crippen LogP contribution in [0.5, 0.6) is 0 Å². The van der Waals surface area contributed by atoms with Gasteiger partial charge in [0.1, 0.15) is 59.9 Å². The number of nitrogens with zero attached hydrogens (tertiary/aromatic N) is 3. The van der Waals surface area contributed by atoms with Crippen molar-refractivity contribution in [3.8, 4) is 0 Å². The van der Waals surface area contributed by atoms with E-state index >= 15 is 0 Å². The number of nitrogens with two attached hydrogens (primary N) is 1. The van der Waals surface area contributed by atoms with Gasteiger partial charge in [-0.1, -0.05) is 18.8 Å². The van der Waals surface area contributed by atoms with Crippen LogP contribution in [-0.2, 0) is 32.0 Å². The average molecular weight is 680 g/mol. The second-order valence-corrected chi connectivity index (χ2v) is 14.6. The summed E-state index contributed by atoms with van der Waals surface area (Å²) in [5, 5.41) is 53.3.